The van der Waals surface area contributed by atoms with Gasteiger partial charge in [-0.1, -0.05) is 0 Å². The number of halogens is 4. The summed E-state index contributed by atoms with van der Waals surface area (Å²) in [6, 6.07) is 1.19. The second-order valence-corrected chi connectivity index (χ2v) is 5.64. The number of amides is 1. The number of methoxy groups -OCH3 is 1. The molecule has 2 rings (SSSR count). The Kier molecular flexibility index (Phi) is 6.01. The summed E-state index contributed by atoms with van der Waals surface area (Å²) in [5.41, 5.74) is 0.000901. The first-order valence-corrected chi connectivity index (χ1v) is 7.47. The number of ether oxygens (including phenoxy) is 2. The number of carboxylic acid groups (broad SMARTS) is 1. The molecule has 1 N–H and O–H groups in total. The van der Waals surface area contributed by atoms with Gasteiger partial charge in [-0.05, 0) is 6.07 Å². The Morgan fingerprint density at radius 1 is 1.42 bits per heavy atom. The largest absolute Gasteiger partial charge is 0.480 e. The highest BCUT2D eigenvalue weighted by Gasteiger charge is 2.42. The van der Waals surface area contributed by atoms with Crippen LogP contribution in [0.1, 0.15) is 16.8 Å². The maximum absolute atomic E-state index is 12.8. The van der Waals surface area contributed by atoms with E-state index in [-0.39, 0.29) is 24.4 Å². The molecule has 1 aliphatic rings. The number of rotatable bonds is 7. The van der Waals surface area contributed by atoms with Crippen molar-refractivity contribution in [2.75, 3.05) is 20.3 Å². The van der Waals surface area contributed by atoms with E-state index < -0.39 is 43.0 Å². The molecule has 2 heterocycles. The molecule has 0 saturated carbocycles. The summed E-state index contributed by atoms with van der Waals surface area (Å²) in [4.78, 5) is 28.5. The van der Waals surface area contributed by atoms with Crippen LogP contribution in [0.25, 0.3) is 0 Å². The number of hydrogen-bond donors (Lipinski definition) is 1. The Morgan fingerprint density at radius 2 is 2.12 bits per heavy atom. The van der Waals surface area contributed by atoms with Crippen LogP contribution in [0.2, 0.25) is 0 Å². The van der Waals surface area contributed by atoms with E-state index in [1.54, 1.807) is 0 Å². The number of alkyl halides is 4. The summed E-state index contributed by atoms with van der Waals surface area (Å²) < 4.78 is 59.3. The summed E-state index contributed by atoms with van der Waals surface area (Å²) >= 11 is 0. The summed E-state index contributed by atoms with van der Waals surface area (Å²) in [5, 5.41) is 9.21. The van der Waals surface area contributed by atoms with E-state index in [1.165, 1.54) is 13.2 Å². The van der Waals surface area contributed by atoms with E-state index in [4.69, 9.17) is 4.74 Å². The molecule has 0 bridgehead atoms. The molecule has 1 saturated heterocycles. The SMILES string of the molecule is COC1CC(C(=O)O)N(C(=O)c2ccc(OCC(F)(F)C(F)F)nc2)C1. The van der Waals surface area contributed by atoms with E-state index in [0.717, 1.165) is 17.2 Å². The molecule has 26 heavy (non-hydrogen) atoms. The maximum Gasteiger partial charge on any atom is 0.340 e. The predicted molar refractivity (Wildman–Crippen MR) is 78.6 cm³/mol. The van der Waals surface area contributed by atoms with E-state index in [2.05, 4.69) is 9.72 Å². The second kappa shape index (κ2) is 7.85. The van der Waals surface area contributed by atoms with Crippen LogP contribution >= 0.6 is 0 Å². The van der Waals surface area contributed by atoms with Crippen molar-refractivity contribution in [3.8, 4) is 5.88 Å². The van der Waals surface area contributed by atoms with Crippen molar-refractivity contribution in [3.63, 3.8) is 0 Å². The fourth-order valence-corrected chi connectivity index (χ4v) is 2.42. The summed E-state index contributed by atoms with van der Waals surface area (Å²) in [7, 11) is 1.40. The zero-order chi connectivity index (χ0) is 19.5. The van der Waals surface area contributed by atoms with E-state index in [1.807, 2.05) is 0 Å². The molecule has 1 fully saturated rings. The lowest BCUT2D eigenvalue weighted by atomic mass is 10.2. The quantitative estimate of drug-likeness (QED) is 0.724. The number of pyridine rings is 1. The van der Waals surface area contributed by atoms with Crippen molar-refractivity contribution in [2.45, 2.75) is 30.9 Å². The van der Waals surface area contributed by atoms with Crippen molar-refractivity contribution in [1.82, 2.24) is 9.88 Å². The minimum Gasteiger partial charge on any atom is -0.480 e. The highest BCUT2D eigenvalue weighted by molar-refractivity contribution is 5.96. The van der Waals surface area contributed by atoms with Gasteiger partial charge in [-0.25, -0.2) is 18.6 Å². The first kappa shape index (κ1) is 19.9. The van der Waals surface area contributed by atoms with Gasteiger partial charge in [0.25, 0.3) is 5.91 Å². The molecule has 1 aliphatic heterocycles. The highest BCUT2D eigenvalue weighted by atomic mass is 19.3. The lowest BCUT2D eigenvalue weighted by molar-refractivity contribution is -0.148. The van der Waals surface area contributed by atoms with Gasteiger partial charge < -0.3 is 19.5 Å². The van der Waals surface area contributed by atoms with Gasteiger partial charge in [0.15, 0.2) is 6.61 Å². The monoisotopic (exact) mass is 380 g/mol. The fraction of sp³-hybridized carbons (Fsp3) is 0.533. The van der Waals surface area contributed by atoms with Crippen LogP contribution in [0.15, 0.2) is 18.3 Å². The number of carbonyl (C=O) groups is 2. The Hall–Kier alpha value is -2.43. The number of carbonyl (C=O) groups excluding carboxylic acids is 1. The summed E-state index contributed by atoms with van der Waals surface area (Å²) in [6.45, 7) is -1.49. The van der Waals surface area contributed by atoms with Crippen LogP contribution in [-0.4, -0.2) is 71.6 Å². The molecule has 144 valence electrons. The minimum atomic E-state index is -4.32. The van der Waals surface area contributed by atoms with E-state index in [0.29, 0.717) is 0 Å². The highest BCUT2D eigenvalue weighted by Crippen LogP contribution is 2.25. The predicted octanol–water partition coefficient (Wildman–Crippen LogP) is 1.67. The van der Waals surface area contributed by atoms with Crippen molar-refractivity contribution >= 4 is 11.9 Å². The molecule has 2 unspecified atom stereocenters. The number of hydrogen-bond acceptors (Lipinski definition) is 5. The zero-order valence-corrected chi connectivity index (χ0v) is 13.6. The molecule has 1 aromatic rings. The number of aromatic nitrogens is 1. The van der Waals surface area contributed by atoms with Gasteiger partial charge in [-0.3, -0.25) is 4.79 Å². The average molecular weight is 380 g/mol. The van der Waals surface area contributed by atoms with Gasteiger partial charge in [-0.2, -0.15) is 8.78 Å². The Labute approximate surface area is 145 Å². The van der Waals surface area contributed by atoms with Gasteiger partial charge in [0.2, 0.25) is 5.88 Å². The molecule has 1 aromatic heterocycles. The Bertz CT molecular complexity index is 656. The summed E-state index contributed by atoms with van der Waals surface area (Å²) in [5.74, 6) is -6.50. The fourth-order valence-electron chi connectivity index (χ4n) is 2.42. The second-order valence-electron chi connectivity index (χ2n) is 5.64. The molecule has 1 amide bonds. The number of nitrogens with zero attached hydrogens (tertiary/aromatic N) is 2. The van der Waals surface area contributed by atoms with Crippen LogP contribution in [0, 0.1) is 0 Å². The van der Waals surface area contributed by atoms with E-state index >= 15 is 0 Å². The third kappa shape index (κ3) is 4.40. The normalized spacial score (nSPS) is 20.5. The maximum atomic E-state index is 12.8. The standard InChI is InChI=1S/C15H16F4N2O5/c1-25-9-4-10(13(23)24)21(6-9)12(22)8-2-3-11(20-5-8)26-7-15(18,19)14(16)17/h2-3,5,9-10,14H,4,6-7H2,1H3,(H,23,24). The number of likely N-dealkylation sites (tertiary alicyclic amines) is 1. The molecule has 11 heteroatoms. The van der Waals surface area contributed by atoms with Crippen LogP contribution in [0.5, 0.6) is 5.88 Å². The van der Waals surface area contributed by atoms with Crippen LogP contribution in [0.3, 0.4) is 0 Å². The third-order valence-electron chi connectivity index (χ3n) is 3.86. The molecule has 0 aliphatic carbocycles. The lowest BCUT2D eigenvalue weighted by Crippen LogP contribution is -2.40. The number of aliphatic carboxylic acids is 1. The molecule has 7 nitrogen and oxygen atoms in total. The van der Waals surface area contributed by atoms with Crippen molar-refractivity contribution in [1.29, 1.82) is 0 Å². The topological polar surface area (TPSA) is 89.0 Å². The van der Waals surface area contributed by atoms with Crippen molar-refractivity contribution in [2.24, 2.45) is 0 Å². The first-order valence-electron chi connectivity index (χ1n) is 7.47. The molecule has 0 spiro atoms. The summed E-state index contributed by atoms with van der Waals surface area (Å²) in [6.07, 6.45) is -3.17. The smallest absolute Gasteiger partial charge is 0.340 e. The lowest BCUT2D eigenvalue weighted by Gasteiger charge is -2.21. The first-order chi connectivity index (χ1) is 12.2. The molecule has 2 atom stereocenters. The van der Waals surface area contributed by atoms with Crippen LogP contribution in [-0.2, 0) is 9.53 Å². The molecule has 0 radical (unpaired) electrons. The van der Waals surface area contributed by atoms with Gasteiger partial charge in [-0.15, -0.1) is 0 Å². The van der Waals surface area contributed by atoms with Gasteiger partial charge in [0, 0.05) is 32.3 Å². The number of carboxylic acids is 1. The van der Waals surface area contributed by atoms with Gasteiger partial charge in [0.1, 0.15) is 6.04 Å². The van der Waals surface area contributed by atoms with Gasteiger partial charge >= 0.3 is 18.3 Å². The zero-order valence-electron chi connectivity index (χ0n) is 13.6. The van der Waals surface area contributed by atoms with Crippen LogP contribution < -0.4 is 4.74 Å². The molecule has 0 aromatic carbocycles. The van der Waals surface area contributed by atoms with Crippen molar-refractivity contribution < 1.29 is 41.7 Å². The molecular formula is C15H16F4N2O5. The Balaban J connectivity index is 2.05. The van der Waals surface area contributed by atoms with Crippen molar-refractivity contribution in [3.05, 3.63) is 23.9 Å². The minimum absolute atomic E-state index is 0.000901. The van der Waals surface area contributed by atoms with Crippen LogP contribution in [0.4, 0.5) is 17.6 Å². The van der Waals surface area contributed by atoms with Gasteiger partial charge in [0.05, 0.1) is 11.7 Å². The molecular weight excluding hydrogens is 364 g/mol. The van der Waals surface area contributed by atoms with E-state index in [9.17, 15) is 32.3 Å². The third-order valence-corrected chi connectivity index (χ3v) is 3.86. The Morgan fingerprint density at radius 3 is 2.62 bits per heavy atom. The average Bonchev–Trinajstić information content (AvgIpc) is 3.04.